The maximum Gasteiger partial charge on any atom is 0.290 e. The Balaban J connectivity index is 1.64. The Morgan fingerprint density at radius 1 is 1.12 bits per heavy atom. The molecule has 2 aliphatic rings. The number of hydrogen-bond donors (Lipinski definition) is 2. The van der Waals surface area contributed by atoms with Crippen LogP contribution in [0.25, 0.3) is 11.0 Å². The van der Waals surface area contributed by atoms with Crippen molar-refractivity contribution in [3.05, 3.63) is 69.1 Å². The fourth-order valence-corrected chi connectivity index (χ4v) is 5.32. The number of aliphatic hydroxyl groups excluding tert-OH is 1. The van der Waals surface area contributed by atoms with Crippen LogP contribution < -0.4 is 4.74 Å². The zero-order valence-electron chi connectivity index (χ0n) is 18.2. The van der Waals surface area contributed by atoms with Crippen molar-refractivity contribution < 1.29 is 29.0 Å². The van der Waals surface area contributed by atoms with Crippen molar-refractivity contribution in [1.29, 1.82) is 0 Å². The molecule has 1 atom stereocenters. The Morgan fingerprint density at radius 2 is 1.85 bits per heavy atom. The summed E-state index contributed by atoms with van der Waals surface area (Å²) in [4.78, 5) is 28.5. The van der Waals surface area contributed by atoms with Crippen LogP contribution in [0.15, 0.2) is 52.1 Å². The molecule has 0 saturated heterocycles. The number of phenolic OH excluding ortho intramolecular Hbond substituents is 1. The fourth-order valence-electron chi connectivity index (χ4n) is 4.92. The molecule has 1 amide bonds. The number of ether oxygens (including phenoxy) is 1. The van der Waals surface area contributed by atoms with E-state index < -0.39 is 23.5 Å². The highest BCUT2D eigenvalue weighted by Gasteiger charge is 2.47. The van der Waals surface area contributed by atoms with Crippen LogP contribution in [0.4, 0.5) is 0 Å². The Labute approximate surface area is 205 Å². The average molecular weight is 502 g/mol. The summed E-state index contributed by atoms with van der Waals surface area (Å²) >= 11 is 12.3. The largest absolute Gasteiger partial charge is 0.506 e. The van der Waals surface area contributed by atoms with E-state index >= 15 is 0 Å². The number of fused-ring (bicyclic) bond motifs is 1. The number of rotatable bonds is 5. The molecule has 34 heavy (non-hydrogen) atoms. The summed E-state index contributed by atoms with van der Waals surface area (Å²) < 4.78 is 11.1. The van der Waals surface area contributed by atoms with Crippen molar-refractivity contribution in [3.8, 4) is 11.5 Å². The first-order chi connectivity index (χ1) is 16.3. The van der Waals surface area contributed by atoms with E-state index in [-0.39, 0.29) is 28.1 Å². The third kappa shape index (κ3) is 3.60. The first-order valence-corrected chi connectivity index (χ1v) is 11.6. The first kappa shape index (κ1) is 22.6. The Kier molecular flexibility index (Phi) is 5.70. The molecule has 1 aliphatic heterocycles. The van der Waals surface area contributed by atoms with Crippen molar-refractivity contribution in [1.82, 2.24) is 4.90 Å². The van der Waals surface area contributed by atoms with Crippen LogP contribution >= 0.6 is 23.2 Å². The standard InChI is InChI=1S/C25H21Cl2NO6/c1-33-19-11-14(26)8-13-10-18(34-24(13)19)22(30)20-21(12-6-7-17(29)16(27)9-12)28(25(32)23(20)31)15-4-2-3-5-15/h6-11,15,21,29,31H,2-5H2,1H3. The van der Waals surface area contributed by atoms with Crippen molar-refractivity contribution >= 4 is 45.9 Å². The van der Waals surface area contributed by atoms with Gasteiger partial charge < -0.3 is 24.3 Å². The van der Waals surface area contributed by atoms with Gasteiger partial charge in [-0.25, -0.2) is 0 Å². The third-order valence-corrected chi connectivity index (χ3v) is 7.01. The maximum atomic E-state index is 13.7. The highest BCUT2D eigenvalue weighted by molar-refractivity contribution is 6.32. The van der Waals surface area contributed by atoms with Crippen molar-refractivity contribution in [2.45, 2.75) is 37.8 Å². The number of carbonyl (C=O) groups is 2. The van der Waals surface area contributed by atoms with E-state index in [1.165, 1.54) is 25.3 Å². The predicted octanol–water partition coefficient (Wildman–Crippen LogP) is 5.97. The summed E-state index contributed by atoms with van der Waals surface area (Å²) in [7, 11) is 1.46. The highest BCUT2D eigenvalue weighted by Crippen LogP contribution is 2.45. The lowest BCUT2D eigenvalue weighted by atomic mass is 9.94. The normalized spacial score (nSPS) is 19.0. The quantitative estimate of drug-likeness (QED) is 0.417. The van der Waals surface area contributed by atoms with Gasteiger partial charge in [0.25, 0.3) is 5.91 Å². The Bertz CT molecular complexity index is 1350. The molecule has 2 aromatic carbocycles. The SMILES string of the molecule is COc1cc(Cl)cc2cc(C(=O)C3=C(O)C(=O)N(C4CCCC4)C3c3ccc(O)c(Cl)c3)oc12. The number of methoxy groups -OCH3 is 1. The third-order valence-electron chi connectivity index (χ3n) is 6.48. The van der Waals surface area contributed by atoms with Crippen LogP contribution in [0.3, 0.4) is 0 Å². The average Bonchev–Trinajstić information content (AvgIpc) is 3.54. The number of amides is 1. The number of aromatic hydroxyl groups is 1. The molecule has 1 fully saturated rings. The van der Waals surface area contributed by atoms with Gasteiger partial charge in [-0.15, -0.1) is 0 Å². The van der Waals surface area contributed by atoms with Crippen molar-refractivity contribution in [2.75, 3.05) is 7.11 Å². The van der Waals surface area contributed by atoms with Gasteiger partial charge in [-0.2, -0.15) is 0 Å². The highest BCUT2D eigenvalue weighted by atomic mass is 35.5. The molecule has 2 heterocycles. The molecule has 7 nitrogen and oxygen atoms in total. The minimum absolute atomic E-state index is 0.0620. The molecule has 0 bridgehead atoms. The van der Waals surface area contributed by atoms with E-state index in [2.05, 4.69) is 0 Å². The molecular weight excluding hydrogens is 481 g/mol. The number of hydrogen-bond acceptors (Lipinski definition) is 6. The van der Waals surface area contributed by atoms with Crippen molar-refractivity contribution in [2.24, 2.45) is 0 Å². The number of nitrogens with zero attached hydrogens (tertiary/aromatic N) is 1. The number of furan rings is 1. The summed E-state index contributed by atoms with van der Waals surface area (Å²) in [6.45, 7) is 0. The molecule has 9 heteroatoms. The lowest BCUT2D eigenvalue weighted by Gasteiger charge is -2.32. The number of aliphatic hydroxyl groups is 1. The smallest absolute Gasteiger partial charge is 0.290 e. The second kappa shape index (κ2) is 8.56. The van der Waals surface area contributed by atoms with Crippen molar-refractivity contribution in [3.63, 3.8) is 0 Å². The van der Waals surface area contributed by atoms with Gasteiger partial charge in [-0.3, -0.25) is 9.59 Å². The van der Waals surface area contributed by atoms with Crippen LogP contribution in [0.2, 0.25) is 10.0 Å². The van der Waals surface area contributed by atoms with E-state index in [1.807, 2.05) is 0 Å². The molecule has 2 N–H and O–H groups in total. The van der Waals surface area contributed by atoms with Gasteiger partial charge in [0.15, 0.2) is 22.9 Å². The van der Waals surface area contributed by atoms with E-state index in [9.17, 15) is 19.8 Å². The van der Waals surface area contributed by atoms with E-state index in [0.29, 0.717) is 27.3 Å². The predicted molar refractivity (Wildman–Crippen MR) is 127 cm³/mol. The molecule has 1 saturated carbocycles. The summed E-state index contributed by atoms with van der Waals surface area (Å²) in [5.74, 6) is -1.68. The maximum absolute atomic E-state index is 13.7. The first-order valence-electron chi connectivity index (χ1n) is 10.9. The zero-order chi connectivity index (χ0) is 24.1. The number of benzene rings is 2. The van der Waals surface area contributed by atoms with Crippen LogP contribution in [0, 0.1) is 0 Å². The molecular formula is C25H21Cl2NO6. The van der Waals surface area contributed by atoms with E-state index in [4.69, 9.17) is 32.4 Å². The van der Waals surface area contributed by atoms with Gasteiger partial charge >= 0.3 is 0 Å². The van der Waals surface area contributed by atoms with Gasteiger partial charge in [-0.05, 0) is 42.7 Å². The van der Waals surface area contributed by atoms with Crippen LogP contribution in [-0.4, -0.2) is 40.0 Å². The minimum atomic E-state index is -0.875. The summed E-state index contributed by atoms with van der Waals surface area (Å²) in [5, 5.41) is 21.8. The molecule has 1 unspecified atom stereocenters. The Morgan fingerprint density at radius 3 is 2.53 bits per heavy atom. The van der Waals surface area contributed by atoms with Gasteiger partial charge in [0, 0.05) is 22.5 Å². The number of carbonyl (C=O) groups excluding carboxylic acids is 2. The Hall–Kier alpha value is -3.16. The summed E-state index contributed by atoms with van der Waals surface area (Å²) in [5.41, 5.74) is 0.742. The number of halogens is 2. The second-order valence-corrected chi connectivity index (χ2v) is 9.34. The van der Waals surface area contributed by atoms with Crippen LogP contribution in [0.1, 0.15) is 47.8 Å². The van der Waals surface area contributed by atoms with Gasteiger partial charge in [0.1, 0.15) is 5.75 Å². The van der Waals surface area contributed by atoms with Crippen LogP contribution in [-0.2, 0) is 4.79 Å². The number of Topliss-reactive ketones (excluding diaryl/α,β-unsaturated/α-hetero) is 1. The molecule has 1 aliphatic carbocycles. The number of phenols is 1. The van der Waals surface area contributed by atoms with Gasteiger partial charge in [-0.1, -0.05) is 42.1 Å². The molecule has 1 aromatic heterocycles. The molecule has 0 radical (unpaired) electrons. The lowest BCUT2D eigenvalue weighted by molar-refractivity contribution is -0.131. The van der Waals surface area contributed by atoms with E-state index in [0.717, 1.165) is 25.7 Å². The molecule has 0 spiro atoms. The number of ketones is 1. The second-order valence-electron chi connectivity index (χ2n) is 8.49. The minimum Gasteiger partial charge on any atom is -0.506 e. The van der Waals surface area contributed by atoms with E-state index in [1.54, 1.807) is 23.1 Å². The summed E-state index contributed by atoms with van der Waals surface area (Å²) in [6, 6.07) is 8.21. The fraction of sp³-hybridized carbons (Fsp3) is 0.280. The van der Waals surface area contributed by atoms with Gasteiger partial charge in [0.2, 0.25) is 5.78 Å². The topological polar surface area (TPSA) is 100 Å². The summed E-state index contributed by atoms with van der Waals surface area (Å²) in [6.07, 6.45) is 3.43. The lowest BCUT2D eigenvalue weighted by Crippen LogP contribution is -2.38. The molecule has 5 rings (SSSR count). The van der Waals surface area contributed by atoms with Crippen LogP contribution in [0.5, 0.6) is 11.5 Å². The molecule has 176 valence electrons. The molecule has 3 aromatic rings. The zero-order valence-corrected chi connectivity index (χ0v) is 19.7. The van der Waals surface area contributed by atoms with Gasteiger partial charge in [0.05, 0.1) is 23.7 Å². The monoisotopic (exact) mass is 501 g/mol.